The number of aromatic nitrogens is 4. The number of fused-ring (bicyclic) bond motifs is 1. The molecule has 0 spiro atoms. The number of benzene rings is 1. The van der Waals surface area contributed by atoms with Crippen molar-refractivity contribution in [2.75, 3.05) is 17.3 Å². The topological polar surface area (TPSA) is 98.8 Å². The van der Waals surface area contributed by atoms with Crippen LogP contribution in [0.15, 0.2) is 42.6 Å². The lowest BCUT2D eigenvalue weighted by molar-refractivity contribution is -0.125. The van der Waals surface area contributed by atoms with Crippen molar-refractivity contribution >= 4 is 23.5 Å². The monoisotopic (exact) mass is 471 g/mol. The first-order chi connectivity index (χ1) is 17.1. The summed E-state index contributed by atoms with van der Waals surface area (Å²) in [6.45, 7) is 0. The van der Waals surface area contributed by atoms with Gasteiger partial charge >= 0.3 is 0 Å². The van der Waals surface area contributed by atoms with E-state index >= 15 is 0 Å². The van der Waals surface area contributed by atoms with Crippen molar-refractivity contribution < 1.29 is 4.79 Å². The van der Waals surface area contributed by atoms with Gasteiger partial charge in [-0.3, -0.25) is 9.89 Å². The van der Waals surface area contributed by atoms with Crippen molar-refractivity contribution in [3.63, 3.8) is 0 Å². The van der Waals surface area contributed by atoms with Gasteiger partial charge in [0.15, 0.2) is 5.82 Å². The molecule has 8 nitrogen and oxygen atoms in total. The minimum atomic E-state index is 0.0753. The van der Waals surface area contributed by atoms with E-state index in [1.165, 1.54) is 29.7 Å². The molecule has 0 atom stereocenters. The van der Waals surface area contributed by atoms with Crippen LogP contribution in [0.5, 0.6) is 0 Å². The van der Waals surface area contributed by atoms with E-state index in [2.05, 4.69) is 68.1 Å². The number of carbonyl (C=O) groups excluding carboxylic acids is 1. The maximum Gasteiger partial charge on any atom is 0.227 e. The van der Waals surface area contributed by atoms with Crippen LogP contribution in [-0.4, -0.2) is 45.2 Å². The third kappa shape index (κ3) is 4.88. The van der Waals surface area contributed by atoms with Gasteiger partial charge in [0, 0.05) is 48.9 Å². The first-order valence-corrected chi connectivity index (χ1v) is 12.9. The van der Waals surface area contributed by atoms with Gasteiger partial charge in [-0.2, -0.15) is 10.1 Å². The zero-order valence-corrected chi connectivity index (χ0v) is 20.2. The normalized spacial score (nSPS) is 22.0. The second kappa shape index (κ2) is 9.32. The third-order valence-electron chi connectivity index (χ3n) is 7.84. The number of nitrogens with one attached hydrogen (secondary N) is 3. The predicted molar refractivity (Wildman–Crippen MR) is 136 cm³/mol. The van der Waals surface area contributed by atoms with Gasteiger partial charge in [-0.05, 0) is 68.6 Å². The second-order valence-corrected chi connectivity index (χ2v) is 10.3. The molecule has 0 aliphatic heterocycles. The molecule has 1 amide bonds. The van der Waals surface area contributed by atoms with Crippen LogP contribution in [0.2, 0.25) is 0 Å². The van der Waals surface area contributed by atoms with E-state index in [0.717, 1.165) is 50.2 Å². The molecule has 0 radical (unpaired) electrons. The Balaban J connectivity index is 1.01. The number of rotatable bonds is 7. The Bertz CT molecular complexity index is 1170. The third-order valence-corrected chi connectivity index (χ3v) is 7.84. The largest absolute Gasteiger partial charge is 0.353 e. The average molecular weight is 472 g/mol. The lowest BCUT2D eigenvalue weighted by Gasteiger charge is -2.35. The van der Waals surface area contributed by atoms with Gasteiger partial charge in [0.25, 0.3) is 0 Å². The predicted octanol–water partition coefficient (Wildman–Crippen LogP) is 4.10. The van der Waals surface area contributed by atoms with Crippen LogP contribution in [0.3, 0.4) is 0 Å². The van der Waals surface area contributed by atoms with E-state index in [4.69, 9.17) is 4.98 Å². The molecule has 3 N–H and O–H groups in total. The fourth-order valence-corrected chi connectivity index (χ4v) is 5.56. The van der Waals surface area contributed by atoms with Gasteiger partial charge in [0.2, 0.25) is 11.9 Å². The SMILES string of the molecule is CN(c1nccc(Nc2cc(C3CC3)[nH]n2)n1)C1CCC(NC(=O)C2Cc3ccccc3C2)CC1. The van der Waals surface area contributed by atoms with E-state index in [9.17, 15) is 4.79 Å². The summed E-state index contributed by atoms with van der Waals surface area (Å²) in [4.78, 5) is 24.3. The lowest BCUT2D eigenvalue weighted by atomic mass is 9.90. The summed E-state index contributed by atoms with van der Waals surface area (Å²) in [6, 6.07) is 13.0. The number of H-pyrrole nitrogens is 1. The van der Waals surface area contributed by atoms with Crippen molar-refractivity contribution in [3.8, 4) is 0 Å². The molecule has 6 rings (SSSR count). The van der Waals surface area contributed by atoms with Crippen LogP contribution in [0.25, 0.3) is 0 Å². The highest BCUT2D eigenvalue weighted by atomic mass is 16.1. The zero-order valence-electron chi connectivity index (χ0n) is 20.2. The summed E-state index contributed by atoms with van der Waals surface area (Å²) >= 11 is 0. The van der Waals surface area contributed by atoms with Crippen molar-refractivity contribution in [2.24, 2.45) is 5.92 Å². The van der Waals surface area contributed by atoms with Crippen LogP contribution in [-0.2, 0) is 17.6 Å². The van der Waals surface area contributed by atoms with Crippen LogP contribution in [0, 0.1) is 5.92 Å². The highest BCUT2D eigenvalue weighted by Gasteiger charge is 2.31. The Morgan fingerprint density at radius 3 is 2.46 bits per heavy atom. The van der Waals surface area contributed by atoms with Gasteiger partial charge in [0.05, 0.1) is 0 Å². The smallest absolute Gasteiger partial charge is 0.227 e. The molecule has 3 aliphatic rings. The second-order valence-electron chi connectivity index (χ2n) is 10.3. The molecule has 35 heavy (non-hydrogen) atoms. The molecule has 182 valence electrons. The highest BCUT2D eigenvalue weighted by molar-refractivity contribution is 5.80. The molecular formula is C27H33N7O. The van der Waals surface area contributed by atoms with E-state index in [1.54, 1.807) is 6.20 Å². The number of nitrogens with zero attached hydrogens (tertiary/aromatic N) is 4. The number of hydrogen-bond acceptors (Lipinski definition) is 6. The van der Waals surface area contributed by atoms with Gasteiger partial charge in [-0.1, -0.05) is 24.3 Å². The summed E-state index contributed by atoms with van der Waals surface area (Å²) in [6.07, 6.45) is 9.99. The minimum absolute atomic E-state index is 0.0753. The van der Waals surface area contributed by atoms with Crippen molar-refractivity contribution in [1.29, 1.82) is 0 Å². The Morgan fingerprint density at radius 1 is 1.00 bits per heavy atom. The Hall–Kier alpha value is -3.42. The first-order valence-electron chi connectivity index (χ1n) is 12.9. The summed E-state index contributed by atoms with van der Waals surface area (Å²) in [5.74, 6) is 3.17. The number of carbonyl (C=O) groups is 1. The summed E-state index contributed by atoms with van der Waals surface area (Å²) in [5.41, 5.74) is 3.84. The maximum atomic E-state index is 12.9. The molecule has 2 fully saturated rings. The number of aromatic amines is 1. The van der Waals surface area contributed by atoms with Crippen LogP contribution in [0.4, 0.5) is 17.6 Å². The molecule has 8 heteroatoms. The van der Waals surface area contributed by atoms with Crippen LogP contribution in [0.1, 0.15) is 61.3 Å². The maximum absolute atomic E-state index is 12.9. The molecule has 2 heterocycles. The lowest BCUT2D eigenvalue weighted by Crippen LogP contribution is -2.45. The highest BCUT2D eigenvalue weighted by Crippen LogP contribution is 2.39. The van der Waals surface area contributed by atoms with E-state index in [0.29, 0.717) is 17.9 Å². The number of anilines is 3. The molecule has 0 bridgehead atoms. The molecule has 3 aliphatic carbocycles. The number of amides is 1. The van der Waals surface area contributed by atoms with Gasteiger partial charge < -0.3 is 15.5 Å². The zero-order chi connectivity index (χ0) is 23.8. The fraction of sp³-hybridized carbons (Fsp3) is 0.481. The Morgan fingerprint density at radius 2 is 1.74 bits per heavy atom. The molecule has 3 aromatic rings. The Labute approximate surface area is 205 Å². The molecule has 2 saturated carbocycles. The van der Waals surface area contributed by atoms with E-state index in [-0.39, 0.29) is 17.9 Å². The van der Waals surface area contributed by atoms with Crippen LogP contribution >= 0.6 is 0 Å². The molecular weight excluding hydrogens is 438 g/mol. The summed E-state index contributed by atoms with van der Waals surface area (Å²) in [7, 11) is 2.07. The quantitative estimate of drug-likeness (QED) is 0.480. The van der Waals surface area contributed by atoms with Gasteiger partial charge in [0.1, 0.15) is 5.82 Å². The standard InChI is InChI=1S/C27H33N7O/c1-34(27-28-13-12-24(31-27)30-25-16-23(32-33-25)17-6-7-17)22-10-8-21(9-11-22)29-26(35)20-14-18-4-2-3-5-19(18)15-20/h2-5,12-13,16-17,20-22H,6-11,14-15H2,1H3,(H,29,35)(H2,28,30,31,32,33). The van der Waals surface area contributed by atoms with Crippen LogP contribution < -0.4 is 15.5 Å². The summed E-state index contributed by atoms with van der Waals surface area (Å²) < 4.78 is 0. The van der Waals surface area contributed by atoms with Gasteiger partial charge in [-0.15, -0.1) is 0 Å². The molecule has 2 aromatic heterocycles. The van der Waals surface area contributed by atoms with Crippen molar-refractivity contribution in [2.45, 2.75) is 69.4 Å². The molecule has 0 saturated heterocycles. The Kier molecular flexibility index (Phi) is 5.88. The average Bonchev–Trinajstić information content (AvgIpc) is 3.47. The fourth-order valence-electron chi connectivity index (χ4n) is 5.56. The minimum Gasteiger partial charge on any atom is -0.353 e. The van der Waals surface area contributed by atoms with Gasteiger partial charge in [-0.25, -0.2) is 4.98 Å². The van der Waals surface area contributed by atoms with E-state index < -0.39 is 0 Å². The molecule has 0 unspecified atom stereocenters. The first kappa shape index (κ1) is 22.1. The molecule has 1 aromatic carbocycles. The van der Waals surface area contributed by atoms with Crippen molar-refractivity contribution in [1.82, 2.24) is 25.5 Å². The summed E-state index contributed by atoms with van der Waals surface area (Å²) in [5, 5.41) is 14.1. The number of hydrogen-bond donors (Lipinski definition) is 3. The van der Waals surface area contributed by atoms with Crippen molar-refractivity contribution in [3.05, 3.63) is 59.4 Å². The van der Waals surface area contributed by atoms with E-state index in [1.807, 2.05) is 6.07 Å².